The first-order valence-electron chi connectivity index (χ1n) is 6.85. The Hall–Kier alpha value is -0.590. The van der Waals surface area contributed by atoms with Gasteiger partial charge in [-0.15, -0.1) is 0 Å². The van der Waals surface area contributed by atoms with E-state index in [9.17, 15) is 4.79 Å². The molecule has 0 bridgehead atoms. The zero-order valence-electron chi connectivity index (χ0n) is 11.6. The summed E-state index contributed by atoms with van der Waals surface area (Å²) in [6.07, 6.45) is 0.526. The molecule has 3 rings (SSSR count). The third-order valence-electron chi connectivity index (χ3n) is 3.90. The highest BCUT2D eigenvalue weighted by atomic mass is 79.9. The Balaban J connectivity index is 2.07. The van der Waals surface area contributed by atoms with Crippen LogP contribution in [0, 0.1) is 6.92 Å². The minimum Gasteiger partial charge on any atom is -0.438 e. The molecule has 0 saturated carbocycles. The number of thioether (sulfide) groups is 1. The van der Waals surface area contributed by atoms with Gasteiger partial charge in [0.15, 0.2) is 6.23 Å². The molecule has 6 heteroatoms. The van der Waals surface area contributed by atoms with Gasteiger partial charge in [0, 0.05) is 30.3 Å². The molecular formula is C14H17BrN2O2S. The van der Waals surface area contributed by atoms with Crippen molar-refractivity contribution in [1.29, 1.82) is 0 Å². The van der Waals surface area contributed by atoms with E-state index in [1.165, 1.54) is 0 Å². The van der Waals surface area contributed by atoms with Crippen LogP contribution < -0.4 is 0 Å². The Bertz CT molecular complexity index is 559. The van der Waals surface area contributed by atoms with E-state index in [2.05, 4.69) is 32.7 Å². The van der Waals surface area contributed by atoms with Crippen LogP contribution in [-0.4, -0.2) is 40.4 Å². The summed E-state index contributed by atoms with van der Waals surface area (Å²) in [6.45, 7) is 5.89. The maximum Gasteiger partial charge on any atom is 0.340 e. The number of nitrogens with zero attached hydrogens (tertiary/aromatic N) is 2. The first kappa shape index (κ1) is 14.4. The SMILES string of the molecule is CCc1c(C)nc(Br)c2c1C(=O)OC2N1CCSCC1. The van der Waals surface area contributed by atoms with Gasteiger partial charge < -0.3 is 4.74 Å². The van der Waals surface area contributed by atoms with Crippen LogP contribution in [0.4, 0.5) is 0 Å². The second-order valence-corrected chi connectivity index (χ2v) is 6.99. The zero-order chi connectivity index (χ0) is 14.3. The van der Waals surface area contributed by atoms with Crippen molar-refractivity contribution in [2.75, 3.05) is 24.6 Å². The van der Waals surface area contributed by atoms with E-state index < -0.39 is 0 Å². The van der Waals surface area contributed by atoms with E-state index in [1.807, 2.05) is 18.7 Å². The molecule has 1 atom stereocenters. The number of aromatic nitrogens is 1. The minimum atomic E-state index is -0.272. The second-order valence-electron chi connectivity index (χ2n) is 5.01. The first-order chi connectivity index (χ1) is 9.63. The van der Waals surface area contributed by atoms with Crippen LogP contribution in [0.15, 0.2) is 4.60 Å². The molecule has 0 N–H and O–H groups in total. The fourth-order valence-electron chi connectivity index (χ4n) is 2.90. The number of aryl methyl sites for hydroxylation is 1. The highest BCUT2D eigenvalue weighted by Crippen LogP contribution is 2.40. The van der Waals surface area contributed by atoms with Crippen LogP contribution in [0.2, 0.25) is 0 Å². The van der Waals surface area contributed by atoms with Crippen LogP contribution in [0.5, 0.6) is 0 Å². The monoisotopic (exact) mass is 356 g/mol. The van der Waals surface area contributed by atoms with Crippen molar-refractivity contribution in [3.8, 4) is 0 Å². The predicted molar refractivity (Wildman–Crippen MR) is 83.1 cm³/mol. The molecule has 2 aliphatic rings. The zero-order valence-corrected chi connectivity index (χ0v) is 14.0. The fraction of sp³-hybridized carbons (Fsp3) is 0.571. The Morgan fingerprint density at radius 1 is 1.45 bits per heavy atom. The average molecular weight is 357 g/mol. The summed E-state index contributed by atoms with van der Waals surface area (Å²) in [7, 11) is 0. The number of carbonyl (C=O) groups excluding carboxylic acids is 1. The molecular weight excluding hydrogens is 340 g/mol. The number of pyridine rings is 1. The number of rotatable bonds is 2. The molecule has 1 saturated heterocycles. The van der Waals surface area contributed by atoms with Crippen LogP contribution in [0.25, 0.3) is 0 Å². The van der Waals surface area contributed by atoms with Crippen molar-refractivity contribution >= 4 is 33.7 Å². The van der Waals surface area contributed by atoms with Crippen LogP contribution in [0.3, 0.4) is 0 Å². The van der Waals surface area contributed by atoms with Crippen molar-refractivity contribution in [3.63, 3.8) is 0 Å². The van der Waals surface area contributed by atoms with Crippen molar-refractivity contribution < 1.29 is 9.53 Å². The van der Waals surface area contributed by atoms with Crippen molar-refractivity contribution in [1.82, 2.24) is 9.88 Å². The van der Waals surface area contributed by atoms with Crippen molar-refractivity contribution in [2.24, 2.45) is 0 Å². The molecule has 1 fully saturated rings. The summed E-state index contributed by atoms with van der Waals surface area (Å²) >= 11 is 5.47. The third-order valence-corrected chi connectivity index (χ3v) is 5.44. The topological polar surface area (TPSA) is 42.4 Å². The molecule has 1 aromatic heterocycles. The van der Waals surface area contributed by atoms with Gasteiger partial charge in [0.2, 0.25) is 0 Å². The molecule has 3 heterocycles. The first-order valence-corrected chi connectivity index (χ1v) is 8.80. The summed E-state index contributed by atoms with van der Waals surface area (Å²) in [5.74, 6) is 1.97. The third kappa shape index (κ3) is 2.27. The Morgan fingerprint density at radius 2 is 2.15 bits per heavy atom. The number of hydrogen-bond donors (Lipinski definition) is 0. The molecule has 0 amide bonds. The molecule has 1 unspecified atom stereocenters. The van der Waals surface area contributed by atoms with E-state index >= 15 is 0 Å². The van der Waals surface area contributed by atoms with E-state index in [4.69, 9.17) is 4.74 Å². The molecule has 2 aliphatic heterocycles. The molecule has 1 aromatic rings. The molecule has 0 radical (unpaired) electrons. The van der Waals surface area contributed by atoms with E-state index in [1.54, 1.807) is 0 Å². The van der Waals surface area contributed by atoms with Crippen LogP contribution >= 0.6 is 27.7 Å². The molecule has 20 heavy (non-hydrogen) atoms. The van der Waals surface area contributed by atoms with Gasteiger partial charge in [-0.2, -0.15) is 11.8 Å². The van der Waals surface area contributed by atoms with Crippen LogP contribution in [-0.2, 0) is 11.2 Å². The van der Waals surface area contributed by atoms with E-state index in [0.29, 0.717) is 0 Å². The summed E-state index contributed by atoms with van der Waals surface area (Å²) in [6, 6.07) is 0. The maximum absolute atomic E-state index is 12.3. The lowest BCUT2D eigenvalue weighted by atomic mass is 10.00. The largest absolute Gasteiger partial charge is 0.438 e. The number of esters is 1. The predicted octanol–water partition coefficient (Wildman–Crippen LogP) is 2.93. The standard InChI is InChI=1S/C14H17BrN2O2S/c1-3-9-8(2)16-12(15)11-10(9)14(18)19-13(11)17-4-6-20-7-5-17/h13H,3-7H2,1-2H3. The van der Waals surface area contributed by atoms with Gasteiger partial charge >= 0.3 is 5.97 Å². The number of fused-ring (bicyclic) bond motifs is 1. The molecule has 0 spiro atoms. The molecule has 0 aliphatic carbocycles. The molecule has 108 valence electrons. The fourth-order valence-corrected chi connectivity index (χ4v) is 4.49. The summed E-state index contributed by atoms with van der Waals surface area (Å²) in [5.41, 5.74) is 3.58. The summed E-state index contributed by atoms with van der Waals surface area (Å²) < 4.78 is 6.40. The lowest BCUT2D eigenvalue weighted by molar-refractivity contribution is -0.0195. The van der Waals surface area contributed by atoms with Gasteiger partial charge in [-0.3, -0.25) is 4.90 Å². The van der Waals surface area contributed by atoms with Crippen molar-refractivity contribution in [3.05, 3.63) is 27.0 Å². The van der Waals surface area contributed by atoms with Gasteiger partial charge in [0.1, 0.15) is 4.60 Å². The Kier molecular flexibility index (Phi) is 4.06. The Labute approximate surface area is 131 Å². The number of carbonyl (C=O) groups is 1. The van der Waals surface area contributed by atoms with Gasteiger partial charge in [-0.05, 0) is 34.8 Å². The minimum absolute atomic E-state index is 0.203. The average Bonchev–Trinajstić information content (AvgIpc) is 2.79. The van der Waals surface area contributed by atoms with Gasteiger partial charge in [-0.1, -0.05) is 6.92 Å². The number of hydrogen-bond acceptors (Lipinski definition) is 5. The lowest BCUT2D eigenvalue weighted by Gasteiger charge is -2.31. The smallest absolute Gasteiger partial charge is 0.340 e. The number of halogens is 1. The normalized spacial score (nSPS) is 22.8. The van der Waals surface area contributed by atoms with E-state index in [0.717, 1.165) is 58.0 Å². The van der Waals surface area contributed by atoms with Gasteiger partial charge in [-0.25, -0.2) is 9.78 Å². The van der Waals surface area contributed by atoms with Crippen LogP contribution in [0.1, 0.15) is 40.3 Å². The molecule has 0 aromatic carbocycles. The van der Waals surface area contributed by atoms with Gasteiger partial charge in [0.25, 0.3) is 0 Å². The van der Waals surface area contributed by atoms with E-state index in [-0.39, 0.29) is 12.2 Å². The number of cyclic esters (lactones) is 1. The summed E-state index contributed by atoms with van der Waals surface area (Å²) in [4.78, 5) is 19.1. The quantitative estimate of drug-likeness (QED) is 0.601. The second kappa shape index (κ2) is 5.66. The highest BCUT2D eigenvalue weighted by molar-refractivity contribution is 9.10. The highest BCUT2D eigenvalue weighted by Gasteiger charge is 2.40. The van der Waals surface area contributed by atoms with Crippen molar-refractivity contribution in [2.45, 2.75) is 26.5 Å². The number of ether oxygens (including phenoxy) is 1. The maximum atomic E-state index is 12.3. The molecule has 4 nitrogen and oxygen atoms in total. The Morgan fingerprint density at radius 3 is 2.80 bits per heavy atom. The van der Waals surface area contributed by atoms with Gasteiger partial charge in [0.05, 0.1) is 11.1 Å². The lowest BCUT2D eigenvalue weighted by Crippen LogP contribution is -2.36. The summed E-state index contributed by atoms with van der Waals surface area (Å²) in [5, 5.41) is 0.